The Labute approximate surface area is 311 Å². The Morgan fingerprint density at radius 1 is 0.942 bits per heavy atom. The predicted molar refractivity (Wildman–Crippen MR) is 200 cm³/mol. The zero-order chi connectivity index (χ0) is 37.8. The molecule has 0 unspecified atom stereocenters. The molecule has 1 fully saturated rings. The largest absolute Gasteiger partial charge is 0.355 e. The lowest BCUT2D eigenvalue weighted by atomic mass is 9.83. The molecule has 3 aromatic rings. The van der Waals surface area contributed by atoms with Gasteiger partial charge in [-0.05, 0) is 91.0 Å². The van der Waals surface area contributed by atoms with Crippen LogP contribution in [0.3, 0.4) is 0 Å². The molecule has 2 N–H and O–H groups in total. The molecule has 0 aliphatic carbocycles. The van der Waals surface area contributed by atoms with E-state index < -0.39 is 27.3 Å². The predicted octanol–water partition coefficient (Wildman–Crippen LogP) is 5.25. The summed E-state index contributed by atoms with van der Waals surface area (Å²) in [6.45, 7) is 4.54. The number of nitrogens with one attached hydrogen (secondary N) is 1. The summed E-state index contributed by atoms with van der Waals surface area (Å²) in [5, 5.41) is 21.6. The Balaban J connectivity index is 1.55. The number of thiocarbonyl (C=S) groups is 1. The number of hydrogen-bond acceptors (Lipinski definition) is 9. The number of anilines is 3. The van der Waals surface area contributed by atoms with E-state index in [0.717, 1.165) is 15.5 Å². The maximum atomic E-state index is 14.0. The molecule has 2 heterocycles. The van der Waals surface area contributed by atoms with Gasteiger partial charge in [0, 0.05) is 29.9 Å². The van der Waals surface area contributed by atoms with Gasteiger partial charge in [-0.1, -0.05) is 38.1 Å². The molecule has 3 amide bonds. The zero-order valence-electron chi connectivity index (χ0n) is 27.9. The van der Waals surface area contributed by atoms with Crippen LogP contribution in [0, 0.1) is 22.7 Å². The van der Waals surface area contributed by atoms with E-state index in [-0.39, 0.29) is 49.9 Å². The number of alkyl halides is 1. The lowest BCUT2D eigenvalue weighted by Crippen LogP contribution is -2.57. The second-order valence-corrected chi connectivity index (χ2v) is 14.2. The smallest absolute Gasteiger partial charge is 0.294 e. The fourth-order valence-corrected chi connectivity index (χ4v) is 6.98. The van der Waals surface area contributed by atoms with Gasteiger partial charge in [-0.15, -0.1) is 11.6 Å². The Kier molecular flexibility index (Phi) is 11.1. The van der Waals surface area contributed by atoms with Gasteiger partial charge in [0.05, 0.1) is 39.5 Å². The van der Waals surface area contributed by atoms with Crippen molar-refractivity contribution in [2.24, 2.45) is 0 Å². The van der Waals surface area contributed by atoms with E-state index in [1.165, 1.54) is 36.4 Å². The van der Waals surface area contributed by atoms with Crippen molar-refractivity contribution in [1.29, 1.82) is 10.5 Å². The van der Waals surface area contributed by atoms with E-state index in [1.54, 1.807) is 54.6 Å². The zero-order valence-corrected chi connectivity index (χ0v) is 30.3. The Hall–Kier alpha value is -5.64. The van der Waals surface area contributed by atoms with Gasteiger partial charge in [0.25, 0.3) is 21.9 Å². The van der Waals surface area contributed by atoms with Crippen LogP contribution >= 0.6 is 23.8 Å². The first-order valence-electron chi connectivity index (χ1n) is 15.8. The van der Waals surface area contributed by atoms with Crippen molar-refractivity contribution in [2.45, 2.75) is 30.6 Å². The number of allylic oxidation sites excluding steroid dienone is 5. The molecule has 0 spiro atoms. The minimum Gasteiger partial charge on any atom is -0.355 e. The molecule has 0 radical (unpaired) electrons. The van der Waals surface area contributed by atoms with Gasteiger partial charge in [-0.3, -0.25) is 28.7 Å². The Morgan fingerprint density at radius 3 is 2.06 bits per heavy atom. The monoisotopic (exact) mass is 754 g/mol. The molecule has 2 aliphatic rings. The molecule has 0 atom stereocenters. The summed E-state index contributed by atoms with van der Waals surface area (Å²) in [4.78, 5) is 43.6. The molecular formula is C37H31ClN6O6S2. The van der Waals surface area contributed by atoms with E-state index in [9.17, 15) is 37.9 Å². The number of nitriles is 2. The first kappa shape index (κ1) is 37.6. The van der Waals surface area contributed by atoms with E-state index in [1.807, 2.05) is 30.9 Å². The number of halogens is 1. The second kappa shape index (κ2) is 15.3. The van der Waals surface area contributed by atoms with Gasteiger partial charge < -0.3 is 10.2 Å². The van der Waals surface area contributed by atoms with Gasteiger partial charge >= 0.3 is 0 Å². The number of benzene rings is 3. The van der Waals surface area contributed by atoms with Crippen molar-refractivity contribution in [2.75, 3.05) is 33.7 Å². The van der Waals surface area contributed by atoms with Crippen LogP contribution in [0.2, 0.25) is 0 Å². The third kappa shape index (κ3) is 7.51. The molecule has 264 valence electrons. The third-order valence-corrected chi connectivity index (χ3v) is 9.97. The van der Waals surface area contributed by atoms with Crippen LogP contribution in [0.5, 0.6) is 0 Å². The average molecular weight is 755 g/mol. The number of nitrogens with zero attached hydrogens (tertiary/aromatic N) is 5. The quantitative estimate of drug-likeness (QED) is 0.0695. The van der Waals surface area contributed by atoms with Crippen LogP contribution in [0.25, 0.3) is 0 Å². The van der Waals surface area contributed by atoms with E-state index in [0.29, 0.717) is 30.8 Å². The van der Waals surface area contributed by atoms with Crippen LogP contribution in [0.15, 0.2) is 107 Å². The van der Waals surface area contributed by atoms with Crippen LogP contribution < -0.4 is 20.0 Å². The number of fused-ring (bicyclic) bond motifs is 1. The van der Waals surface area contributed by atoms with Gasteiger partial charge in [0.15, 0.2) is 5.11 Å². The van der Waals surface area contributed by atoms with Crippen LogP contribution in [-0.4, -0.2) is 54.8 Å². The molecule has 52 heavy (non-hydrogen) atoms. The maximum absolute atomic E-state index is 14.0. The van der Waals surface area contributed by atoms with Gasteiger partial charge in [-0.2, -0.15) is 18.9 Å². The fourth-order valence-electron chi connectivity index (χ4n) is 6.00. The number of hydrogen-bond donors (Lipinski definition) is 2. The normalized spacial score (nSPS) is 16.3. The fraction of sp³-hybridized carbons (Fsp3) is 0.189. The minimum atomic E-state index is -4.48. The summed E-state index contributed by atoms with van der Waals surface area (Å²) in [6, 6.07) is 20.9. The molecule has 2 aliphatic heterocycles. The highest BCUT2D eigenvalue weighted by Crippen LogP contribution is 2.48. The van der Waals surface area contributed by atoms with E-state index in [2.05, 4.69) is 5.32 Å². The van der Waals surface area contributed by atoms with Crippen molar-refractivity contribution in [3.8, 4) is 12.1 Å². The SMILES string of the molecule is CC1(C)/C(=C\C=C\C=C2C(=O)N(c3cccc(C#N)c3)C(=S)N(c3cccc(C#N)c3)C2=O)N(CCCNC(=O)CCl)c2ccc(S(=O)(=O)O)cc21. The molecule has 0 aromatic heterocycles. The molecule has 0 bridgehead atoms. The third-order valence-electron chi connectivity index (χ3n) is 8.51. The highest BCUT2D eigenvalue weighted by atomic mass is 35.5. The lowest BCUT2D eigenvalue weighted by Gasteiger charge is -2.36. The van der Waals surface area contributed by atoms with Gasteiger partial charge in [-0.25, -0.2) is 0 Å². The number of carbonyl (C=O) groups is 3. The van der Waals surface area contributed by atoms with Gasteiger partial charge in [0.1, 0.15) is 11.5 Å². The number of carbonyl (C=O) groups excluding carboxylic acids is 3. The number of rotatable bonds is 10. The summed E-state index contributed by atoms with van der Waals surface area (Å²) in [7, 11) is -4.48. The van der Waals surface area contributed by atoms with Crippen LogP contribution in [-0.2, 0) is 29.9 Å². The molecule has 5 rings (SSSR count). The van der Waals surface area contributed by atoms with Crippen molar-refractivity contribution in [1.82, 2.24) is 5.32 Å². The molecule has 3 aromatic carbocycles. The summed E-state index contributed by atoms with van der Waals surface area (Å²) in [6.07, 6.45) is 6.78. The van der Waals surface area contributed by atoms with E-state index in [4.69, 9.17) is 23.8 Å². The van der Waals surface area contributed by atoms with Gasteiger partial charge in [0.2, 0.25) is 5.91 Å². The van der Waals surface area contributed by atoms with Crippen molar-refractivity contribution < 1.29 is 27.4 Å². The molecule has 15 heteroatoms. The molecule has 1 saturated heterocycles. The Bertz CT molecular complexity index is 2210. The maximum Gasteiger partial charge on any atom is 0.294 e. The first-order chi connectivity index (χ1) is 24.7. The summed E-state index contributed by atoms with van der Waals surface area (Å²) in [5.41, 5.74) is 2.16. The summed E-state index contributed by atoms with van der Waals surface area (Å²) < 4.78 is 33.7. The average Bonchev–Trinajstić information content (AvgIpc) is 3.33. The lowest BCUT2D eigenvalue weighted by molar-refractivity contribution is -0.121. The molecule has 12 nitrogen and oxygen atoms in total. The van der Waals surface area contributed by atoms with Crippen LogP contribution in [0.4, 0.5) is 17.1 Å². The second-order valence-electron chi connectivity index (χ2n) is 12.2. The number of amides is 3. The highest BCUT2D eigenvalue weighted by Gasteiger charge is 2.42. The van der Waals surface area contributed by atoms with Crippen LogP contribution in [0.1, 0.15) is 37.0 Å². The van der Waals surface area contributed by atoms with Crippen molar-refractivity contribution >= 4 is 73.8 Å². The molecular weight excluding hydrogens is 724 g/mol. The van der Waals surface area contributed by atoms with Crippen molar-refractivity contribution in [3.63, 3.8) is 0 Å². The standard InChI is InChI=1S/C37H31ClN6O6S2/c1-37(2)30-20-28(52(48,49)50)14-15-31(30)42(17-7-16-41-33(45)21-38)32(37)13-4-3-12-29-34(46)43(26-10-5-8-24(18-26)22-39)36(51)44(35(29)47)27-11-6-9-25(19-27)23-40/h3-6,8-15,18-20H,7,16-17,21H2,1-2H3,(H,41,45)(H,48,49,50)/b4-3+,32-13+. The minimum absolute atomic E-state index is 0.156. The summed E-state index contributed by atoms with van der Waals surface area (Å²) >= 11 is 11.3. The summed E-state index contributed by atoms with van der Waals surface area (Å²) in [5.74, 6) is -1.92. The van der Waals surface area contributed by atoms with E-state index >= 15 is 0 Å². The first-order valence-corrected chi connectivity index (χ1v) is 18.2. The molecule has 0 saturated carbocycles. The highest BCUT2D eigenvalue weighted by molar-refractivity contribution is 7.85. The van der Waals surface area contributed by atoms with Crippen molar-refractivity contribution in [3.05, 3.63) is 119 Å². The topological polar surface area (TPSA) is 175 Å². The Morgan fingerprint density at radius 2 is 1.52 bits per heavy atom.